The fourth-order valence-corrected chi connectivity index (χ4v) is 4.18. The molecule has 0 N–H and O–H groups in total. The Kier molecular flexibility index (Phi) is 4.94. The Morgan fingerprint density at radius 1 is 1.04 bits per heavy atom. The zero-order valence-electron chi connectivity index (χ0n) is 16.2. The number of carbonyl (C=O) groups excluding carboxylic acids is 2. The SMILES string of the molecule is COc1ccccc1N1CC(C(=O)N2CCCc3cccc(OC)c32)CC1=O. The summed E-state index contributed by atoms with van der Waals surface area (Å²) in [5, 5.41) is 0. The number of methoxy groups -OCH3 is 2. The molecule has 2 aliphatic rings. The van der Waals surface area contributed by atoms with Crippen LogP contribution in [0.3, 0.4) is 0 Å². The van der Waals surface area contributed by atoms with Gasteiger partial charge in [-0.15, -0.1) is 0 Å². The number of ether oxygens (including phenoxy) is 2. The van der Waals surface area contributed by atoms with Crippen molar-refractivity contribution in [1.82, 2.24) is 0 Å². The molecule has 1 fully saturated rings. The first-order valence-corrected chi connectivity index (χ1v) is 9.54. The summed E-state index contributed by atoms with van der Waals surface area (Å²) in [5.41, 5.74) is 2.68. The van der Waals surface area contributed by atoms with Crippen molar-refractivity contribution in [2.75, 3.05) is 37.1 Å². The summed E-state index contributed by atoms with van der Waals surface area (Å²) in [6.45, 7) is 1.00. The number of fused-ring (bicyclic) bond motifs is 1. The summed E-state index contributed by atoms with van der Waals surface area (Å²) < 4.78 is 10.9. The van der Waals surface area contributed by atoms with Crippen LogP contribution in [0.15, 0.2) is 42.5 Å². The van der Waals surface area contributed by atoms with E-state index >= 15 is 0 Å². The van der Waals surface area contributed by atoms with Gasteiger partial charge in [0, 0.05) is 19.5 Å². The Morgan fingerprint density at radius 3 is 2.57 bits per heavy atom. The van der Waals surface area contributed by atoms with E-state index in [-0.39, 0.29) is 24.2 Å². The summed E-state index contributed by atoms with van der Waals surface area (Å²) in [6, 6.07) is 13.3. The number of nitrogens with zero attached hydrogens (tertiary/aromatic N) is 2. The number of aryl methyl sites for hydroxylation is 1. The van der Waals surface area contributed by atoms with Crippen molar-refractivity contribution < 1.29 is 19.1 Å². The smallest absolute Gasteiger partial charge is 0.232 e. The second kappa shape index (κ2) is 7.54. The molecule has 1 saturated heterocycles. The van der Waals surface area contributed by atoms with E-state index in [1.54, 1.807) is 24.0 Å². The monoisotopic (exact) mass is 380 g/mol. The normalized spacial score (nSPS) is 18.8. The minimum Gasteiger partial charge on any atom is -0.495 e. The van der Waals surface area contributed by atoms with E-state index in [1.165, 1.54) is 0 Å². The van der Waals surface area contributed by atoms with Crippen molar-refractivity contribution in [3.05, 3.63) is 48.0 Å². The molecule has 146 valence electrons. The molecule has 2 heterocycles. The third kappa shape index (κ3) is 3.09. The molecule has 2 aliphatic heterocycles. The third-order valence-electron chi connectivity index (χ3n) is 5.52. The zero-order valence-corrected chi connectivity index (χ0v) is 16.2. The minimum absolute atomic E-state index is 0.0174. The highest BCUT2D eigenvalue weighted by atomic mass is 16.5. The first kappa shape index (κ1) is 18.3. The van der Waals surface area contributed by atoms with Gasteiger partial charge in [0.15, 0.2) is 0 Å². The molecule has 0 radical (unpaired) electrons. The van der Waals surface area contributed by atoms with E-state index < -0.39 is 0 Å². The molecule has 1 unspecified atom stereocenters. The predicted molar refractivity (Wildman–Crippen MR) is 107 cm³/mol. The molecule has 2 aromatic rings. The fraction of sp³-hybridized carbons (Fsp3) is 0.364. The third-order valence-corrected chi connectivity index (χ3v) is 5.52. The number of amides is 2. The first-order valence-electron chi connectivity index (χ1n) is 9.54. The van der Waals surface area contributed by atoms with Gasteiger partial charge in [-0.05, 0) is 36.6 Å². The van der Waals surface area contributed by atoms with Crippen LogP contribution in [0, 0.1) is 5.92 Å². The van der Waals surface area contributed by atoms with Gasteiger partial charge in [-0.2, -0.15) is 0 Å². The second-order valence-corrected chi connectivity index (χ2v) is 7.14. The first-order chi connectivity index (χ1) is 13.6. The average Bonchev–Trinajstić information content (AvgIpc) is 3.13. The zero-order chi connectivity index (χ0) is 19.7. The minimum atomic E-state index is -0.381. The summed E-state index contributed by atoms with van der Waals surface area (Å²) in [4.78, 5) is 29.5. The van der Waals surface area contributed by atoms with Gasteiger partial charge in [-0.1, -0.05) is 24.3 Å². The molecular weight excluding hydrogens is 356 g/mol. The maximum absolute atomic E-state index is 13.4. The quantitative estimate of drug-likeness (QED) is 0.818. The Labute approximate surface area is 164 Å². The van der Waals surface area contributed by atoms with Gasteiger partial charge < -0.3 is 19.3 Å². The van der Waals surface area contributed by atoms with Gasteiger partial charge >= 0.3 is 0 Å². The lowest BCUT2D eigenvalue weighted by Crippen LogP contribution is -2.40. The van der Waals surface area contributed by atoms with Crippen LogP contribution in [-0.2, 0) is 16.0 Å². The van der Waals surface area contributed by atoms with Gasteiger partial charge in [-0.25, -0.2) is 0 Å². The van der Waals surface area contributed by atoms with Gasteiger partial charge in [0.25, 0.3) is 0 Å². The van der Waals surface area contributed by atoms with E-state index in [2.05, 4.69) is 0 Å². The van der Waals surface area contributed by atoms with Crippen LogP contribution in [0.25, 0.3) is 0 Å². The van der Waals surface area contributed by atoms with E-state index in [0.717, 1.165) is 24.1 Å². The lowest BCUT2D eigenvalue weighted by molar-refractivity contribution is -0.124. The van der Waals surface area contributed by atoms with Crippen LogP contribution in [0.4, 0.5) is 11.4 Å². The lowest BCUT2D eigenvalue weighted by atomic mass is 9.98. The summed E-state index contributed by atoms with van der Waals surface area (Å²) in [5.74, 6) is 0.884. The Bertz CT molecular complexity index is 897. The maximum Gasteiger partial charge on any atom is 0.232 e. The van der Waals surface area contributed by atoms with E-state index in [9.17, 15) is 9.59 Å². The largest absolute Gasteiger partial charge is 0.495 e. The van der Waals surface area contributed by atoms with Crippen molar-refractivity contribution in [2.24, 2.45) is 5.92 Å². The number of benzene rings is 2. The van der Waals surface area contributed by atoms with Gasteiger partial charge in [0.1, 0.15) is 11.5 Å². The molecule has 0 saturated carbocycles. The molecule has 6 nitrogen and oxygen atoms in total. The summed E-state index contributed by atoms with van der Waals surface area (Å²) >= 11 is 0. The molecule has 2 aromatic carbocycles. The number of rotatable bonds is 4. The van der Waals surface area contributed by atoms with Crippen LogP contribution < -0.4 is 19.3 Å². The number of hydrogen-bond donors (Lipinski definition) is 0. The van der Waals surface area contributed by atoms with Crippen molar-refractivity contribution >= 4 is 23.2 Å². The fourth-order valence-electron chi connectivity index (χ4n) is 4.18. The molecular formula is C22H24N2O4. The van der Waals surface area contributed by atoms with E-state index in [0.29, 0.717) is 30.3 Å². The van der Waals surface area contributed by atoms with Crippen LogP contribution in [0.1, 0.15) is 18.4 Å². The number of para-hydroxylation sites is 3. The summed E-state index contributed by atoms with van der Waals surface area (Å²) in [7, 11) is 3.20. The molecule has 28 heavy (non-hydrogen) atoms. The molecule has 0 bridgehead atoms. The molecule has 0 aliphatic carbocycles. The molecule has 2 amide bonds. The van der Waals surface area contributed by atoms with Gasteiger partial charge in [0.2, 0.25) is 11.8 Å². The van der Waals surface area contributed by atoms with Crippen LogP contribution >= 0.6 is 0 Å². The van der Waals surface area contributed by atoms with Crippen LogP contribution in [0.2, 0.25) is 0 Å². The van der Waals surface area contributed by atoms with Crippen LogP contribution in [-0.4, -0.2) is 39.1 Å². The predicted octanol–water partition coefficient (Wildman–Crippen LogP) is 3.04. The van der Waals surface area contributed by atoms with Gasteiger partial charge in [0.05, 0.1) is 31.5 Å². The van der Waals surface area contributed by atoms with Crippen molar-refractivity contribution in [1.29, 1.82) is 0 Å². The Balaban J connectivity index is 1.60. The van der Waals surface area contributed by atoms with Crippen LogP contribution in [0.5, 0.6) is 11.5 Å². The molecule has 6 heteroatoms. The summed E-state index contributed by atoms with van der Waals surface area (Å²) in [6.07, 6.45) is 2.04. The van der Waals surface area contributed by atoms with Crippen molar-refractivity contribution in [2.45, 2.75) is 19.3 Å². The lowest BCUT2D eigenvalue weighted by Gasteiger charge is -2.32. The topological polar surface area (TPSA) is 59.1 Å². The average molecular weight is 380 g/mol. The van der Waals surface area contributed by atoms with E-state index in [1.807, 2.05) is 42.5 Å². The highest BCUT2D eigenvalue weighted by Crippen LogP contribution is 2.39. The van der Waals surface area contributed by atoms with E-state index in [4.69, 9.17) is 9.47 Å². The molecule has 0 aromatic heterocycles. The Morgan fingerprint density at radius 2 is 1.79 bits per heavy atom. The van der Waals surface area contributed by atoms with Crippen molar-refractivity contribution in [3.8, 4) is 11.5 Å². The molecule has 4 rings (SSSR count). The molecule has 1 atom stereocenters. The maximum atomic E-state index is 13.4. The second-order valence-electron chi connectivity index (χ2n) is 7.14. The van der Waals surface area contributed by atoms with Crippen molar-refractivity contribution in [3.63, 3.8) is 0 Å². The van der Waals surface area contributed by atoms with Gasteiger partial charge in [-0.3, -0.25) is 9.59 Å². The number of carbonyl (C=O) groups is 2. The standard InChI is InChI=1S/C22H24N2O4/c1-27-18-10-4-3-9-17(18)24-14-16(13-20(24)25)22(26)23-12-6-8-15-7-5-11-19(28-2)21(15)23/h3-5,7,9-11,16H,6,8,12-14H2,1-2H3. The number of hydrogen-bond acceptors (Lipinski definition) is 4. The number of anilines is 2. The molecule has 0 spiro atoms. The highest BCUT2D eigenvalue weighted by molar-refractivity contribution is 6.06. The Hall–Kier alpha value is -3.02. The highest BCUT2D eigenvalue weighted by Gasteiger charge is 2.39.